The van der Waals surface area contributed by atoms with Crippen LogP contribution in [-0.4, -0.2) is 27.1 Å². The number of aromatic nitrogens is 3. The summed E-state index contributed by atoms with van der Waals surface area (Å²) in [5.74, 6) is 0.0176. The summed E-state index contributed by atoms with van der Waals surface area (Å²) in [6.45, 7) is 0. The van der Waals surface area contributed by atoms with Gasteiger partial charge in [0.25, 0.3) is 5.91 Å². The van der Waals surface area contributed by atoms with Crippen LogP contribution in [0.25, 0.3) is 11.0 Å². The van der Waals surface area contributed by atoms with Gasteiger partial charge in [-0.25, -0.2) is 4.98 Å². The second-order valence-corrected chi connectivity index (χ2v) is 6.85. The van der Waals surface area contributed by atoms with Gasteiger partial charge in [0, 0.05) is 11.4 Å². The number of hydrogen-bond donors (Lipinski definition) is 0. The summed E-state index contributed by atoms with van der Waals surface area (Å²) in [6.07, 6.45) is 5.63. The maximum Gasteiger partial charge on any atom is 0.298 e. The molecule has 0 radical (unpaired) electrons. The molecule has 0 bridgehead atoms. The molecule has 1 aromatic carbocycles. The minimum Gasteiger partial charge on any atom is -0.302 e. The molecule has 0 spiro atoms. The lowest BCUT2D eigenvalue weighted by molar-refractivity contribution is 0.0960. The molecule has 0 unspecified atom stereocenters. The Balaban J connectivity index is 1.71. The van der Waals surface area contributed by atoms with Crippen molar-refractivity contribution in [3.63, 3.8) is 0 Å². The molecule has 1 aliphatic carbocycles. The highest BCUT2D eigenvalue weighted by atomic mass is 32.1. The Bertz CT molecular complexity index is 843. The lowest BCUT2D eigenvalue weighted by Crippen LogP contribution is -2.42. The summed E-state index contributed by atoms with van der Waals surface area (Å²) in [6, 6.07) is 9.70. The third-order valence-corrected chi connectivity index (χ3v) is 5.17. The van der Waals surface area contributed by atoms with Gasteiger partial charge in [0.05, 0.1) is 11.2 Å². The maximum atomic E-state index is 13.2. The first-order valence-electron chi connectivity index (χ1n) is 8.28. The van der Waals surface area contributed by atoms with Gasteiger partial charge in [-0.15, -0.1) is 10.2 Å². The van der Waals surface area contributed by atoms with Crippen molar-refractivity contribution in [2.75, 3.05) is 4.90 Å². The number of nitrogens with zero attached hydrogens (tertiary/aromatic N) is 4. The summed E-state index contributed by atoms with van der Waals surface area (Å²) in [7, 11) is 0. The zero-order valence-corrected chi connectivity index (χ0v) is 14.1. The fraction of sp³-hybridized carbons (Fsp3) is 0.333. The quantitative estimate of drug-likeness (QED) is 0.722. The Kier molecular flexibility index (Phi) is 4.21. The van der Waals surface area contributed by atoms with Crippen LogP contribution in [0.3, 0.4) is 0 Å². The van der Waals surface area contributed by atoms with E-state index in [2.05, 4.69) is 15.2 Å². The number of rotatable bonds is 3. The Morgan fingerprint density at radius 1 is 1.04 bits per heavy atom. The maximum absolute atomic E-state index is 13.2. The van der Waals surface area contributed by atoms with E-state index >= 15 is 0 Å². The van der Waals surface area contributed by atoms with Crippen LogP contribution < -0.4 is 4.90 Å². The smallest absolute Gasteiger partial charge is 0.298 e. The van der Waals surface area contributed by atoms with Crippen LogP contribution in [-0.2, 0) is 0 Å². The van der Waals surface area contributed by atoms with Gasteiger partial charge in [-0.2, -0.15) is 11.3 Å². The van der Waals surface area contributed by atoms with Crippen LogP contribution in [0.4, 0.5) is 5.69 Å². The number of carbonyl (C=O) groups excluding carboxylic acids is 1. The van der Waals surface area contributed by atoms with Gasteiger partial charge in [-0.3, -0.25) is 4.79 Å². The van der Waals surface area contributed by atoms with E-state index in [1.807, 2.05) is 46.0 Å². The summed E-state index contributed by atoms with van der Waals surface area (Å²) in [4.78, 5) is 19.5. The van der Waals surface area contributed by atoms with Crippen molar-refractivity contribution in [2.45, 2.75) is 38.1 Å². The summed E-state index contributed by atoms with van der Waals surface area (Å²) >= 11 is 1.60. The standard InChI is InChI=1S/C18H18N4OS/c23-18(17-19-15-8-4-5-9-16(15)20-21-17)22(14-10-11-24-12-14)13-6-2-1-3-7-13/h4-5,8-13H,1-3,6-7H2. The SMILES string of the molecule is O=C(c1nnc2ccccc2n1)N(c1ccsc1)C1CCCCC1. The number of thiophene rings is 1. The molecule has 1 amide bonds. The van der Waals surface area contributed by atoms with Gasteiger partial charge in [0.1, 0.15) is 5.52 Å². The Labute approximate surface area is 144 Å². The Morgan fingerprint density at radius 2 is 1.83 bits per heavy atom. The van der Waals surface area contributed by atoms with Crippen LogP contribution in [0, 0.1) is 0 Å². The summed E-state index contributed by atoms with van der Waals surface area (Å²) < 4.78 is 0. The third-order valence-electron chi connectivity index (χ3n) is 4.49. The molecule has 3 aromatic rings. The second-order valence-electron chi connectivity index (χ2n) is 6.07. The van der Waals surface area contributed by atoms with Crippen molar-refractivity contribution in [1.82, 2.24) is 15.2 Å². The molecule has 0 aliphatic heterocycles. The minimum atomic E-state index is -0.154. The predicted octanol–water partition coefficient (Wildman–Crippen LogP) is 4.07. The van der Waals surface area contributed by atoms with E-state index in [4.69, 9.17) is 0 Å². The monoisotopic (exact) mass is 338 g/mol. The minimum absolute atomic E-state index is 0.154. The molecular formula is C18H18N4OS. The molecular weight excluding hydrogens is 320 g/mol. The fourth-order valence-electron chi connectivity index (χ4n) is 3.31. The number of anilines is 1. The molecule has 0 atom stereocenters. The van der Waals surface area contributed by atoms with Gasteiger partial charge < -0.3 is 4.90 Å². The molecule has 4 rings (SSSR count). The van der Waals surface area contributed by atoms with Crippen LogP contribution in [0.1, 0.15) is 42.7 Å². The topological polar surface area (TPSA) is 59.0 Å². The highest BCUT2D eigenvalue weighted by Crippen LogP contribution is 2.30. The van der Waals surface area contributed by atoms with E-state index in [-0.39, 0.29) is 17.8 Å². The molecule has 2 aromatic heterocycles. The number of amides is 1. The van der Waals surface area contributed by atoms with Crippen molar-refractivity contribution < 1.29 is 4.79 Å². The molecule has 2 heterocycles. The van der Waals surface area contributed by atoms with Crippen molar-refractivity contribution >= 4 is 34.0 Å². The van der Waals surface area contributed by atoms with Gasteiger partial charge in [0.2, 0.25) is 5.82 Å². The van der Waals surface area contributed by atoms with Crippen LogP contribution in [0.15, 0.2) is 41.1 Å². The Morgan fingerprint density at radius 3 is 2.58 bits per heavy atom. The lowest BCUT2D eigenvalue weighted by Gasteiger charge is -2.33. The largest absolute Gasteiger partial charge is 0.302 e. The molecule has 122 valence electrons. The molecule has 1 saturated carbocycles. The number of para-hydroxylation sites is 1. The number of carbonyl (C=O) groups is 1. The van der Waals surface area contributed by atoms with E-state index in [0.29, 0.717) is 11.0 Å². The lowest BCUT2D eigenvalue weighted by atomic mass is 9.94. The fourth-order valence-corrected chi connectivity index (χ4v) is 3.93. The van der Waals surface area contributed by atoms with Gasteiger partial charge in [-0.1, -0.05) is 31.4 Å². The van der Waals surface area contributed by atoms with Crippen molar-refractivity contribution in [3.8, 4) is 0 Å². The van der Waals surface area contributed by atoms with E-state index < -0.39 is 0 Å². The van der Waals surface area contributed by atoms with Gasteiger partial charge >= 0.3 is 0 Å². The van der Waals surface area contributed by atoms with Crippen molar-refractivity contribution in [1.29, 1.82) is 0 Å². The van der Waals surface area contributed by atoms with Crippen molar-refractivity contribution in [3.05, 3.63) is 46.9 Å². The number of fused-ring (bicyclic) bond motifs is 1. The van der Waals surface area contributed by atoms with Crippen molar-refractivity contribution in [2.24, 2.45) is 0 Å². The molecule has 1 aliphatic rings. The number of benzene rings is 1. The first-order chi connectivity index (χ1) is 11.8. The average molecular weight is 338 g/mol. The molecule has 0 saturated heterocycles. The van der Waals surface area contributed by atoms with E-state index in [1.165, 1.54) is 6.42 Å². The van der Waals surface area contributed by atoms with E-state index in [9.17, 15) is 4.79 Å². The summed E-state index contributed by atoms with van der Waals surface area (Å²) in [5.41, 5.74) is 2.34. The van der Waals surface area contributed by atoms with Crippen LogP contribution in [0.5, 0.6) is 0 Å². The van der Waals surface area contributed by atoms with Crippen LogP contribution >= 0.6 is 11.3 Å². The van der Waals surface area contributed by atoms with E-state index in [0.717, 1.165) is 31.4 Å². The molecule has 1 fully saturated rings. The summed E-state index contributed by atoms with van der Waals surface area (Å²) in [5, 5.41) is 12.3. The molecule has 6 heteroatoms. The second kappa shape index (κ2) is 6.65. The average Bonchev–Trinajstić information content (AvgIpc) is 3.16. The normalized spacial score (nSPS) is 15.5. The zero-order valence-electron chi connectivity index (χ0n) is 13.3. The predicted molar refractivity (Wildman–Crippen MR) is 95.3 cm³/mol. The molecule has 24 heavy (non-hydrogen) atoms. The van der Waals surface area contributed by atoms with Crippen LogP contribution in [0.2, 0.25) is 0 Å². The first-order valence-corrected chi connectivity index (χ1v) is 9.22. The number of hydrogen-bond acceptors (Lipinski definition) is 5. The highest BCUT2D eigenvalue weighted by Gasteiger charge is 2.29. The Hall–Kier alpha value is -2.34. The first kappa shape index (κ1) is 15.2. The van der Waals surface area contributed by atoms with E-state index in [1.54, 1.807) is 11.3 Å². The van der Waals surface area contributed by atoms with Gasteiger partial charge in [0.15, 0.2) is 0 Å². The highest BCUT2D eigenvalue weighted by molar-refractivity contribution is 7.08. The zero-order chi connectivity index (χ0) is 16.4. The third kappa shape index (κ3) is 2.89. The van der Waals surface area contributed by atoms with Gasteiger partial charge in [-0.05, 0) is 36.4 Å². The molecule has 5 nitrogen and oxygen atoms in total. The molecule has 0 N–H and O–H groups in total.